The largest absolute Gasteiger partial charge is 0.482 e. The lowest BCUT2D eigenvalue weighted by atomic mass is 10.1. The van der Waals surface area contributed by atoms with Crippen molar-refractivity contribution in [2.75, 3.05) is 17.2 Å². The van der Waals surface area contributed by atoms with Crippen molar-refractivity contribution in [2.45, 2.75) is 13.5 Å². The average molecular weight is 304 g/mol. The first-order valence-corrected chi connectivity index (χ1v) is 6.92. The van der Waals surface area contributed by atoms with Crippen molar-refractivity contribution >= 4 is 28.9 Å². The molecule has 3 rings (SSSR count). The zero-order chi connectivity index (χ0) is 14.8. The number of aryl methyl sites for hydroxylation is 1. The Morgan fingerprint density at radius 1 is 1.43 bits per heavy atom. The Balaban J connectivity index is 1.77. The Morgan fingerprint density at radius 2 is 2.29 bits per heavy atom. The zero-order valence-corrected chi connectivity index (χ0v) is 12.2. The van der Waals surface area contributed by atoms with Crippen molar-refractivity contribution in [1.29, 1.82) is 0 Å². The van der Waals surface area contributed by atoms with Gasteiger partial charge in [-0.2, -0.15) is 0 Å². The fourth-order valence-corrected chi connectivity index (χ4v) is 2.44. The van der Waals surface area contributed by atoms with Crippen molar-refractivity contribution in [2.24, 2.45) is 0 Å². The van der Waals surface area contributed by atoms with Gasteiger partial charge in [0.25, 0.3) is 5.91 Å². The number of nitrogens with zero attached hydrogens (tertiary/aromatic N) is 1. The SMILES string of the molecule is Cc1ccnc(Cl)c1NCc1ccc2c(c1)NC(=O)CO2. The number of pyridine rings is 1. The normalized spacial score (nSPS) is 13.1. The van der Waals surface area contributed by atoms with Crippen LogP contribution >= 0.6 is 11.6 Å². The molecular formula is C15H14ClN3O2. The van der Waals surface area contributed by atoms with Crippen molar-refractivity contribution in [3.63, 3.8) is 0 Å². The van der Waals surface area contributed by atoms with Gasteiger partial charge in [-0.3, -0.25) is 4.79 Å². The van der Waals surface area contributed by atoms with Crippen LogP contribution in [-0.4, -0.2) is 17.5 Å². The molecule has 0 saturated heterocycles. The lowest BCUT2D eigenvalue weighted by molar-refractivity contribution is -0.118. The smallest absolute Gasteiger partial charge is 0.262 e. The Morgan fingerprint density at radius 3 is 3.10 bits per heavy atom. The van der Waals surface area contributed by atoms with Gasteiger partial charge in [-0.15, -0.1) is 0 Å². The third kappa shape index (κ3) is 2.92. The summed E-state index contributed by atoms with van der Waals surface area (Å²) in [5, 5.41) is 6.51. The van der Waals surface area contributed by atoms with Crippen LogP contribution < -0.4 is 15.4 Å². The summed E-state index contributed by atoms with van der Waals surface area (Å²) in [6, 6.07) is 7.58. The molecule has 1 aliphatic rings. The van der Waals surface area contributed by atoms with Crippen LogP contribution in [0.1, 0.15) is 11.1 Å². The minimum atomic E-state index is -0.140. The fraction of sp³-hybridized carbons (Fsp3) is 0.200. The van der Waals surface area contributed by atoms with E-state index in [9.17, 15) is 4.79 Å². The first-order valence-electron chi connectivity index (χ1n) is 6.54. The lowest BCUT2D eigenvalue weighted by Gasteiger charge is -2.19. The number of benzene rings is 1. The van der Waals surface area contributed by atoms with Crippen LogP contribution in [0.15, 0.2) is 30.5 Å². The van der Waals surface area contributed by atoms with Gasteiger partial charge < -0.3 is 15.4 Å². The Labute approximate surface area is 127 Å². The second-order valence-corrected chi connectivity index (χ2v) is 5.17. The second kappa shape index (κ2) is 5.61. The Hall–Kier alpha value is -2.27. The number of fused-ring (bicyclic) bond motifs is 1. The molecular weight excluding hydrogens is 290 g/mol. The topological polar surface area (TPSA) is 63.2 Å². The van der Waals surface area contributed by atoms with Crippen LogP contribution in [0.5, 0.6) is 5.75 Å². The summed E-state index contributed by atoms with van der Waals surface area (Å²) in [5.41, 5.74) is 3.56. The summed E-state index contributed by atoms with van der Waals surface area (Å²) >= 11 is 6.08. The third-order valence-corrected chi connectivity index (χ3v) is 3.55. The van der Waals surface area contributed by atoms with Gasteiger partial charge in [0.15, 0.2) is 11.8 Å². The van der Waals surface area contributed by atoms with Gasteiger partial charge in [-0.05, 0) is 36.2 Å². The molecule has 6 heteroatoms. The van der Waals surface area contributed by atoms with E-state index in [1.165, 1.54) is 0 Å². The van der Waals surface area contributed by atoms with Crippen molar-refractivity contribution in [3.8, 4) is 5.75 Å². The molecule has 21 heavy (non-hydrogen) atoms. The molecule has 0 atom stereocenters. The fourth-order valence-electron chi connectivity index (χ4n) is 2.17. The lowest BCUT2D eigenvalue weighted by Crippen LogP contribution is -2.25. The third-order valence-electron chi connectivity index (χ3n) is 3.26. The molecule has 0 fully saturated rings. The molecule has 2 N–H and O–H groups in total. The van der Waals surface area contributed by atoms with E-state index >= 15 is 0 Å². The molecule has 1 aromatic carbocycles. The number of ether oxygens (including phenoxy) is 1. The Bertz CT molecular complexity index is 683. The first kappa shape index (κ1) is 13.7. The number of nitrogens with one attached hydrogen (secondary N) is 2. The average Bonchev–Trinajstić information content (AvgIpc) is 2.46. The number of carbonyl (C=O) groups excluding carboxylic acids is 1. The molecule has 2 heterocycles. The summed E-state index contributed by atoms with van der Waals surface area (Å²) in [4.78, 5) is 15.4. The molecule has 0 radical (unpaired) electrons. The highest BCUT2D eigenvalue weighted by molar-refractivity contribution is 6.32. The molecule has 1 aliphatic heterocycles. The monoisotopic (exact) mass is 303 g/mol. The molecule has 0 bridgehead atoms. The van der Waals surface area contributed by atoms with Crippen molar-refractivity contribution < 1.29 is 9.53 Å². The highest BCUT2D eigenvalue weighted by atomic mass is 35.5. The van der Waals surface area contributed by atoms with Gasteiger partial charge in [0.2, 0.25) is 0 Å². The van der Waals surface area contributed by atoms with Crippen LogP contribution in [0.3, 0.4) is 0 Å². The quantitative estimate of drug-likeness (QED) is 0.856. The number of hydrogen-bond acceptors (Lipinski definition) is 4. The molecule has 0 aliphatic carbocycles. The summed E-state index contributed by atoms with van der Waals surface area (Å²) in [7, 11) is 0. The first-order chi connectivity index (χ1) is 10.1. The minimum Gasteiger partial charge on any atom is -0.482 e. The molecule has 2 aromatic rings. The number of rotatable bonds is 3. The maximum absolute atomic E-state index is 11.3. The summed E-state index contributed by atoms with van der Waals surface area (Å²) in [5.74, 6) is 0.549. The molecule has 108 valence electrons. The van der Waals surface area contributed by atoms with Gasteiger partial charge in [-0.1, -0.05) is 17.7 Å². The minimum absolute atomic E-state index is 0.0646. The van der Waals surface area contributed by atoms with E-state index < -0.39 is 0 Å². The zero-order valence-electron chi connectivity index (χ0n) is 11.4. The number of amides is 1. The number of halogens is 1. The number of carbonyl (C=O) groups is 1. The van der Waals surface area contributed by atoms with Crippen molar-refractivity contribution in [3.05, 3.63) is 46.7 Å². The maximum atomic E-state index is 11.3. The van der Waals surface area contributed by atoms with E-state index in [0.717, 1.165) is 16.8 Å². The van der Waals surface area contributed by atoms with E-state index in [4.69, 9.17) is 16.3 Å². The number of aromatic nitrogens is 1. The van der Waals surface area contributed by atoms with Gasteiger partial charge in [0.1, 0.15) is 5.75 Å². The summed E-state index contributed by atoms with van der Waals surface area (Å²) in [6.45, 7) is 2.61. The van der Waals surface area contributed by atoms with Crippen LogP contribution in [0, 0.1) is 6.92 Å². The predicted molar refractivity (Wildman–Crippen MR) is 81.9 cm³/mol. The molecule has 0 saturated carbocycles. The number of hydrogen-bond donors (Lipinski definition) is 2. The van der Waals surface area contributed by atoms with E-state index in [-0.39, 0.29) is 12.5 Å². The standard InChI is InChI=1S/C15H14ClN3O2/c1-9-4-5-17-15(16)14(9)18-7-10-2-3-12-11(6-10)19-13(20)8-21-12/h2-6,18H,7-8H2,1H3,(H,19,20). The van der Waals surface area contributed by atoms with E-state index in [1.54, 1.807) is 6.20 Å². The van der Waals surface area contributed by atoms with E-state index in [2.05, 4.69) is 15.6 Å². The Kier molecular flexibility index (Phi) is 3.66. The van der Waals surface area contributed by atoms with Gasteiger partial charge in [-0.25, -0.2) is 4.98 Å². The van der Waals surface area contributed by atoms with E-state index in [1.807, 2.05) is 31.2 Å². The maximum Gasteiger partial charge on any atom is 0.262 e. The van der Waals surface area contributed by atoms with E-state index in [0.29, 0.717) is 23.1 Å². The summed E-state index contributed by atoms with van der Waals surface area (Å²) < 4.78 is 5.33. The molecule has 0 spiro atoms. The predicted octanol–water partition coefficient (Wildman–Crippen LogP) is 2.99. The van der Waals surface area contributed by atoms with Crippen molar-refractivity contribution in [1.82, 2.24) is 4.98 Å². The van der Waals surface area contributed by atoms with Gasteiger partial charge in [0, 0.05) is 12.7 Å². The molecule has 0 unspecified atom stereocenters. The van der Waals surface area contributed by atoms with Crippen LogP contribution in [0.25, 0.3) is 0 Å². The van der Waals surface area contributed by atoms with Crippen LogP contribution in [-0.2, 0) is 11.3 Å². The van der Waals surface area contributed by atoms with Crippen LogP contribution in [0.2, 0.25) is 5.15 Å². The van der Waals surface area contributed by atoms with Crippen LogP contribution in [0.4, 0.5) is 11.4 Å². The molecule has 5 nitrogen and oxygen atoms in total. The number of anilines is 2. The van der Waals surface area contributed by atoms with Gasteiger partial charge >= 0.3 is 0 Å². The summed E-state index contributed by atoms with van der Waals surface area (Å²) in [6.07, 6.45) is 1.68. The molecule has 1 amide bonds. The second-order valence-electron chi connectivity index (χ2n) is 4.81. The highest BCUT2D eigenvalue weighted by Crippen LogP contribution is 2.29. The highest BCUT2D eigenvalue weighted by Gasteiger charge is 2.15. The molecule has 1 aromatic heterocycles. The van der Waals surface area contributed by atoms with Gasteiger partial charge in [0.05, 0.1) is 11.4 Å².